The average Bonchev–Trinajstić information content (AvgIpc) is 2.09. The molecule has 0 aliphatic heterocycles. The number of ether oxygens (including phenoxy) is 1. The molecule has 0 aliphatic rings. The van der Waals surface area contributed by atoms with E-state index in [2.05, 4.69) is 0 Å². The zero-order valence-corrected chi connectivity index (χ0v) is 10.7. The highest BCUT2D eigenvalue weighted by atomic mass is 16.6. The summed E-state index contributed by atoms with van der Waals surface area (Å²) in [5.41, 5.74) is -0.569. The quantitative estimate of drug-likeness (QED) is 0.737. The van der Waals surface area contributed by atoms with Gasteiger partial charge in [0.1, 0.15) is 5.60 Å². The van der Waals surface area contributed by atoms with Crippen molar-refractivity contribution in [2.45, 2.75) is 53.1 Å². The molecule has 0 saturated carbocycles. The van der Waals surface area contributed by atoms with Crippen LogP contribution in [0.4, 0.5) is 0 Å². The van der Waals surface area contributed by atoms with Crippen LogP contribution in [-0.4, -0.2) is 22.6 Å². The fourth-order valence-corrected chi connectivity index (χ4v) is 1.46. The first kappa shape index (κ1) is 14.9. The maximum atomic E-state index is 11.7. The summed E-state index contributed by atoms with van der Waals surface area (Å²) in [5, 5.41) is 9.01. The summed E-state index contributed by atoms with van der Waals surface area (Å²) < 4.78 is 5.17. The van der Waals surface area contributed by atoms with Gasteiger partial charge in [-0.15, -0.1) is 0 Å². The number of hydrogen-bond donors (Lipinski definition) is 1. The predicted molar refractivity (Wildman–Crippen MR) is 61.0 cm³/mol. The third kappa shape index (κ3) is 5.14. The Kier molecular flexibility index (Phi) is 5.48. The Morgan fingerprint density at radius 2 is 1.81 bits per heavy atom. The van der Waals surface area contributed by atoms with Crippen molar-refractivity contribution in [1.82, 2.24) is 0 Å². The van der Waals surface area contributed by atoms with E-state index < -0.39 is 29.4 Å². The third-order valence-electron chi connectivity index (χ3n) is 2.30. The number of esters is 1. The van der Waals surface area contributed by atoms with Crippen molar-refractivity contribution in [3.63, 3.8) is 0 Å². The molecule has 0 heterocycles. The molecule has 0 amide bonds. The van der Waals surface area contributed by atoms with Gasteiger partial charge in [0.25, 0.3) is 0 Å². The molecule has 16 heavy (non-hydrogen) atoms. The lowest BCUT2D eigenvalue weighted by atomic mass is 9.90. The topological polar surface area (TPSA) is 63.6 Å². The van der Waals surface area contributed by atoms with E-state index in [0.29, 0.717) is 6.42 Å². The fraction of sp³-hybridized carbons (Fsp3) is 0.833. The van der Waals surface area contributed by atoms with Gasteiger partial charge in [-0.25, -0.2) is 0 Å². The number of carbonyl (C=O) groups excluding carboxylic acids is 1. The molecule has 0 radical (unpaired) electrons. The van der Waals surface area contributed by atoms with Crippen molar-refractivity contribution >= 4 is 11.9 Å². The van der Waals surface area contributed by atoms with Crippen LogP contribution in [0.2, 0.25) is 0 Å². The Labute approximate surface area is 97.0 Å². The summed E-state index contributed by atoms with van der Waals surface area (Å²) in [6.45, 7) is 8.83. The smallest absolute Gasteiger partial charge is 0.310 e. The van der Waals surface area contributed by atoms with Crippen LogP contribution in [0.25, 0.3) is 0 Å². The molecule has 0 saturated heterocycles. The number of carbonyl (C=O) groups is 2. The van der Waals surface area contributed by atoms with Crippen molar-refractivity contribution < 1.29 is 19.4 Å². The van der Waals surface area contributed by atoms with Gasteiger partial charge in [-0.2, -0.15) is 0 Å². The van der Waals surface area contributed by atoms with Crippen molar-refractivity contribution in [2.75, 3.05) is 0 Å². The number of carboxylic acid groups (broad SMARTS) is 1. The van der Waals surface area contributed by atoms with Crippen LogP contribution in [0.5, 0.6) is 0 Å². The lowest BCUT2D eigenvalue weighted by Crippen LogP contribution is -2.34. The molecule has 4 heteroatoms. The minimum Gasteiger partial charge on any atom is -0.481 e. The van der Waals surface area contributed by atoms with Crippen molar-refractivity contribution in [2.24, 2.45) is 11.8 Å². The highest BCUT2D eigenvalue weighted by Crippen LogP contribution is 2.21. The zero-order chi connectivity index (χ0) is 12.9. The van der Waals surface area contributed by atoms with Gasteiger partial charge in [0.05, 0.1) is 11.8 Å². The third-order valence-corrected chi connectivity index (χ3v) is 2.30. The van der Waals surface area contributed by atoms with E-state index in [1.165, 1.54) is 0 Å². The second-order valence-corrected chi connectivity index (χ2v) is 5.06. The van der Waals surface area contributed by atoms with Gasteiger partial charge in [0.2, 0.25) is 0 Å². The normalized spacial score (nSPS) is 15.3. The molecule has 1 N–H and O–H groups in total. The van der Waals surface area contributed by atoms with Gasteiger partial charge in [0.15, 0.2) is 0 Å². The Hall–Kier alpha value is -1.06. The Morgan fingerprint density at radius 3 is 2.12 bits per heavy atom. The second-order valence-electron chi connectivity index (χ2n) is 5.06. The Bertz CT molecular complexity index is 252. The lowest BCUT2D eigenvalue weighted by molar-refractivity contribution is -0.166. The molecule has 2 unspecified atom stereocenters. The molecule has 4 nitrogen and oxygen atoms in total. The van der Waals surface area contributed by atoms with Crippen molar-refractivity contribution in [3.05, 3.63) is 0 Å². The zero-order valence-electron chi connectivity index (χ0n) is 10.7. The van der Waals surface area contributed by atoms with Gasteiger partial charge >= 0.3 is 11.9 Å². The molecular weight excluding hydrogens is 208 g/mol. The number of aliphatic carboxylic acids is 1. The predicted octanol–water partition coefficient (Wildman–Crippen LogP) is 2.47. The van der Waals surface area contributed by atoms with Crippen LogP contribution in [0.1, 0.15) is 47.5 Å². The molecule has 0 spiro atoms. The van der Waals surface area contributed by atoms with E-state index >= 15 is 0 Å². The van der Waals surface area contributed by atoms with Crippen LogP contribution in [0, 0.1) is 11.8 Å². The minimum absolute atomic E-state index is 0.437. The van der Waals surface area contributed by atoms with Gasteiger partial charge in [-0.1, -0.05) is 20.3 Å². The lowest BCUT2D eigenvalue weighted by Gasteiger charge is -2.24. The average molecular weight is 230 g/mol. The van der Waals surface area contributed by atoms with Gasteiger partial charge in [0, 0.05) is 0 Å². The van der Waals surface area contributed by atoms with E-state index in [0.717, 1.165) is 6.42 Å². The molecule has 0 aromatic heterocycles. The fourth-order valence-electron chi connectivity index (χ4n) is 1.46. The molecule has 2 atom stereocenters. The molecule has 0 fully saturated rings. The summed E-state index contributed by atoms with van der Waals surface area (Å²) in [5.74, 6) is -2.62. The molecular formula is C12H22O4. The summed E-state index contributed by atoms with van der Waals surface area (Å²) >= 11 is 0. The first-order valence-electron chi connectivity index (χ1n) is 5.64. The first-order chi connectivity index (χ1) is 7.19. The SMILES string of the molecule is CCCC(C(=O)O)C(C)C(=O)OC(C)(C)C. The molecule has 0 aromatic carbocycles. The van der Waals surface area contributed by atoms with Crippen LogP contribution in [0.15, 0.2) is 0 Å². The molecule has 0 rings (SSSR count). The van der Waals surface area contributed by atoms with Gasteiger partial charge in [-0.05, 0) is 27.2 Å². The maximum Gasteiger partial charge on any atom is 0.310 e. The molecule has 94 valence electrons. The number of rotatable bonds is 5. The minimum atomic E-state index is -0.930. The summed E-state index contributed by atoms with van der Waals surface area (Å²) in [4.78, 5) is 22.7. The van der Waals surface area contributed by atoms with E-state index in [4.69, 9.17) is 9.84 Å². The Balaban J connectivity index is 4.55. The second kappa shape index (κ2) is 5.87. The van der Waals surface area contributed by atoms with Crippen LogP contribution in [-0.2, 0) is 14.3 Å². The van der Waals surface area contributed by atoms with Gasteiger partial charge in [-0.3, -0.25) is 9.59 Å². The maximum absolute atomic E-state index is 11.7. The van der Waals surface area contributed by atoms with E-state index in [9.17, 15) is 9.59 Å². The van der Waals surface area contributed by atoms with E-state index in [1.54, 1.807) is 27.7 Å². The van der Waals surface area contributed by atoms with E-state index in [-0.39, 0.29) is 0 Å². The molecule has 0 bridgehead atoms. The highest BCUT2D eigenvalue weighted by molar-refractivity contribution is 5.80. The van der Waals surface area contributed by atoms with Crippen molar-refractivity contribution in [3.8, 4) is 0 Å². The molecule has 0 aliphatic carbocycles. The first-order valence-corrected chi connectivity index (χ1v) is 5.64. The van der Waals surface area contributed by atoms with E-state index in [1.807, 2.05) is 6.92 Å². The largest absolute Gasteiger partial charge is 0.481 e. The van der Waals surface area contributed by atoms with Gasteiger partial charge < -0.3 is 9.84 Å². The molecule has 0 aromatic rings. The van der Waals surface area contributed by atoms with Crippen LogP contribution in [0.3, 0.4) is 0 Å². The Morgan fingerprint density at radius 1 is 1.31 bits per heavy atom. The number of carboxylic acids is 1. The monoisotopic (exact) mass is 230 g/mol. The highest BCUT2D eigenvalue weighted by Gasteiger charge is 2.32. The van der Waals surface area contributed by atoms with Crippen molar-refractivity contribution in [1.29, 1.82) is 0 Å². The standard InChI is InChI=1S/C12H22O4/c1-6-7-9(10(13)14)8(2)11(15)16-12(3,4)5/h8-9H,6-7H2,1-5H3,(H,13,14). The number of hydrogen-bond acceptors (Lipinski definition) is 3. The van der Waals surface area contributed by atoms with Crippen LogP contribution >= 0.6 is 0 Å². The van der Waals surface area contributed by atoms with Crippen LogP contribution < -0.4 is 0 Å². The summed E-state index contributed by atoms with van der Waals surface area (Å²) in [6.07, 6.45) is 1.24. The summed E-state index contributed by atoms with van der Waals surface area (Å²) in [7, 11) is 0. The summed E-state index contributed by atoms with van der Waals surface area (Å²) in [6, 6.07) is 0.